The summed E-state index contributed by atoms with van der Waals surface area (Å²) >= 11 is 1.80. The van der Waals surface area contributed by atoms with E-state index in [4.69, 9.17) is 0 Å². The fourth-order valence-electron chi connectivity index (χ4n) is 1.37. The summed E-state index contributed by atoms with van der Waals surface area (Å²) in [5.74, 6) is 0.582. The van der Waals surface area contributed by atoms with Crippen molar-refractivity contribution in [3.8, 4) is 0 Å². The van der Waals surface area contributed by atoms with Crippen LogP contribution in [0.5, 0.6) is 0 Å². The minimum absolute atomic E-state index is 0.194. The topological polar surface area (TPSA) is 17.1 Å². The first kappa shape index (κ1) is 11.4. The highest BCUT2D eigenvalue weighted by Crippen LogP contribution is 2.18. The largest absolute Gasteiger partial charge is 0.299 e. The van der Waals surface area contributed by atoms with Crippen LogP contribution in [0.25, 0.3) is 0 Å². The van der Waals surface area contributed by atoms with Gasteiger partial charge in [0.2, 0.25) is 0 Å². The van der Waals surface area contributed by atoms with Crippen LogP contribution in [-0.2, 0) is 11.2 Å². The lowest BCUT2D eigenvalue weighted by Crippen LogP contribution is -2.06. The molecule has 0 saturated carbocycles. The van der Waals surface area contributed by atoms with Crippen LogP contribution in [0, 0.1) is 12.8 Å². The maximum atomic E-state index is 11.4. The summed E-state index contributed by atoms with van der Waals surface area (Å²) in [6.45, 7) is 6.08. The number of ketones is 1. The van der Waals surface area contributed by atoms with Gasteiger partial charge in [-0.15, -0.1) is 11.3 Å². The van der Waals surface area contributed by atoms with Crippen molar-refractivity contribution in [3.63, 3.8) is 0 Å². The molecule has 1 rings (SSSR count). The minimum atomic E-state index is 0.194. The molecule has 1 heterocycles. The first-order valence-electron chi connectivity index (χ1n) is 5.17. The highest BCUT2D eigenvalue weighted by molar-refractivity contribution is 7.10. The third-order valence-electron chi connectivity index (χ3n) is 2.44. The molecule has 78 valence electrons. The van der Waals surface area contributed by atoms with E-state index in [1.807, 2.05) is 13.8 Å². The summed E-state index contributed by atoms with van der Waals surface area (Å²) in [6, 6.07) is 2.14. The van der Waals surface area contributed by atoms with Gasteiger partial charge in [0.25, 0.3) is 0 Å². The predicted molar refractivity (Wildman–Crippen MR) is 61.8 cm³/mol. The standard InChI is InChI=1S/C12H18OS/c1-9(2)11(13)5-4-6-12-10(3)7-8-14-12/h7-9H,4-6H2,1-3H3. The van der Waals surface area contributed by atoms with Gasteiger partial charge in [-0.3, -0.25) is 4.79 Å². The van der Waals surface area contributed by atoms with Gasteiger partial charge in [-0.25, -0.2) is 0 Å². The van der Waals surface area contributed by atoms with Crippen LogP contribution in [-0.4, -0.2) is 5.78 Å². The summed E-state index contributed by atoms with van der Waals surface area (Å²) in [5, 5.41) is 2.12. The van der Waals surface area contributed by atoms with E-state index >= 15 is 0 Å². The quantitative estimate of drug-likeness (QED) is 0.725. The number of Topliss-reactive ketones (excluding diaryl/α,β-unsaturated/α-hetero) is 1. The molecule has 1 aromatic rings. The van der Waals surface area contributed by atoms with Gasteiger partial charge in [-0.05, 0) is 36.8 Å². The molecular weight excluding hydrogens is 192 g/mol. The van der Waals surface area contributed by atoms with Crippen molar-refractivity contribution in [2.75, 3.05) is 0 Å². The maximum Gasteiger partial charge on any atom is 0.135 e. The molecule has 1 aromatic heterocycles. The Hall–Kier alpha value is -0.630. The number of aryl methyl sites for hydroxylation is 2. The molecule has 0 bridgehead atoms. The van der Waals surface area contributed by atoms with Gasteiger partial charge < -0.3 is 0 Å². The number of hydrogen-bond acceptors (Lipinski definition) is 2. The zero-order valence-electron chi connectivity index (χ0n) is 9.17. The van der Waals surface area contributed by atoms with Crippen LogP contribution in [0.3, 0.4) is 0 Å². The molecular formula is C12H18OS. The van der Waals surface area contributed by atoms with E-state index < -0.39 is 0 Å². The van der Waals surface area contributed by atoms with E-state index in [0.29, 0.717) is 5.78 Å². The maximum absolute atomic E-state index is 11.4. The molecule has 0 radical (unpaired) electrons. The van der Waals surface area contributed by atoms with Gasteiger partial charge in [0, 0.05) is 17.2 Å². The van der Waals surface area contributed by atoms with Crippen LogP contribution in [0.1, 0.15) is 37.1 Å². The average molecular weight is 210 g/mol. The van der Waals surface area contributed by atoms with Gasteiger partial charge in [0.15, 0.2) is 0 Å². The Bertz CT molecular complexity index is 299. The molecule has 14 heavy (non-hydrogen) atoms. The molecule has 0 fully saturated rings. The first-order chi connectivity index (χ1) is 6.61. The normalized spacial score (nSPS) is 10.9. The fourth-order valence-corrected chi connectivity index (χ4v) is 2.32. The average Bonchev–Trinajstić information content (AvgIpc) is 2.51. The Morgan fingerprint density at radius 3 is 2.71 bits per heavy atom. The van der Waals surface area contributed by atoms with E-state index in [1.165, 1.54) is 10.4 Å². The Morgan fingerprint density at radius 1 is 1.50 bits per heavy atom. The third-order valence-corrected chi connectivity index (χ3v) is 3.52. The van der Waals surface area contributed by atoms with Crippen molar-refractivity contribution >= 4 is 17.1 Å². The van der Waals surface area contributed by atoms with Crippen molar-refractivity contribution in [3.05, 3.63) is 21.9 Å². The summed E-state index contributed by atoms with van der Waals surface area (Å²) < 4.78 is 0. The van der Waals surface area contributed by atoms with E-state index in [-0.39, 0.29) is 5.92 Å². The van der Waals surface area contributed by atoms with Gasteiger partial charge in [-0.1, -0.05) is 13.8 Å². The second-order valence-corrected chi connectivity index (χ2v) is 5.00. The van der Waals surface area contributed by atoms with Crippen LogP contribution < -0.4 is 0 Å². The molecule has 0 aliphatic heterocycles. The molecule has 0 aromatic carbocycles. The lowest BCUT2D eigenvalue weighted by atomic mass is 10.0. The van der Waals surface area contributed by atoms with Crippen molar-refractivity contribution in [2.45, 2.75) is 40.0 Å². The van der Waals surface area contributed by atoms with Gasteiger partial charge in [-0.2, -0.15) is 0 Å². The molecule has 1 nitrogen and oxygen atoms in total. The Labute approximate surface area is 90.2 Å². The number of thiophene rings is 1. The number of carbonyl (C=O) groups excluding carboxylic acids is 1. The zero-order chi connectivity index (χ0) is 10.6. The van der Waals surface area contributed by atoms with E-state index in [9.17, 15) is 4.79 Å². The smallest absolute Gasteiger partial charge is 0.135 e. The molecule has 0 aliphatic carbocycles. The van der Waals surface area contributed by atoms with Crippen molar-refractivity contribution in [1.29, 1.82) is 0 Å². The molecule has 0 atom stereocenters. The second kappa shape index (κ2) is 5.30. The van der Waals surface area contributed by atoms with E-state index in [2.05, 4.69) is 18.4 Å². The molecule has 2 heteroatoms. The molecule has 0 amide bonds. The SMILES string of the molecule is Cc1ccsc1CCCC(=O)C(C)C. The number of hydrogen-bond donors (Lipinski definition) is 0. The Balaban J connectivity index is 2.29. The van der Waals surface area contributed by atoms with Crippen LogP contribution in [0.2, 0.25) is 0 Å². The molecule has 0 spiro atoms. The second-order valence-electron chi connectivity index (χ2n) is 4.00. The van der Waals surface area contributed by atoms with Gasteiger partial charge in [0.1, 0.15) is 5.78 Å². The molecule has 0 aliphatic rings. The summed E-state index contributed by atoms with van der Waals surface area (Å²) in [5.41, 5.74) is 1.37. The van der Waals surface area contributed by atoms with Gasteiger partial charge >= 0.3 is 0 Å². The lowest BCUT2D eigenvalue weighted by Gasteiger charge is -2.03. The number of carbonyl (C=O) groups is 1. The third kappa shape index (κ3) is 3.26. The zero-order valence-corrected chi connectivity index (χ0v) is 9.99. The van der Waals surface area contributed by atoms with Crippen molar-refractivity contribution < 1.29 is 4.79 Å². The van der Waals surface area contributed by atoms with Crippen LogP contribution in [0.15, 0.2) is 11.4 Å². The predicted octanol–water partition coefficient (Wildman–Crippen LogP) is 3.60. The van der Waals surface area contributed by atoms with E-state index in [1.54, 1.807) is 11.3 Å². The van der Waals surface area contributed by atoms with Crippen molar-refractivity contribution in [1.82, 2.24) is 0 Å². The Morgan fingerprint density at radius 2 is 2.21 bits per heavy atom. The minimum Gasteiger partial charge on any atom is -0.299 e. The Kier molecular flexibility index (Phi) is 4.33. The fraction of sp³-hybridized carbons (Fsp3) is 0.583. The van der Waals surface area contributed by atoms with Crippen LogP contribution in [0.4, 0.5) is 0 Å². The van der Waals surface area contributed by atoms with E-state index in [0.717, 1.165) is 19.3 Å². The number of rotatable bonds is 5. The summed E-state index contributed by atoms with van der Waals surface area (Å²) in [6.07, 6.45) is 2.79. The van der Waals surface area contributed by atoms with Gasteiger partial charge in [0.05, 0.1) is 0 Å². The van der Waals surface area contributed by atoms with Crippen LogP contribution >= 0.6 is 11.3 Å². The lowest BCUT2D eigenvalue weighted by molar-refractivity contribution is -0.121. The monoisotopic (exact) mass is 210 g/mol. The molecule has 0 saturated heterocycles. The molecule has 0 N–H and O–H groups in total. The molecule has 0 unspecified atom stereocenters. The van der Waals surface area contributed by atoms with Crippen molar-refractivity contribution in [2.24, 2.45) is 5.92 Å². The highest BCUT2D eigenvalue weighted by atomic mass is 32.1. The highest BCUT2D eigenvalue weighted by Gasteiger charge is 2.07. The first-order valence-corrected chi connectivity index (χ1v) is 6.05. The summed E-state index contributed by atoms with van der Waals surface area (Å²) in [4.78, 5) is 12.8. The summed E-state index contributed by atoms with van der Waals surface area (Å²) in [7, 11) is 0.